The van der Waals surface area contributed by atoms with Crippen molar-refractivity contribution in [1.82, 2.24) is 0 Å². The molecule has 1 aromatic rings. The molecule has 0 bridgehead atoms. The van der Waals surface area contributed by atoms with E-state index in [1.165, 1.54) is 11.3 Å². The molecular weight excluding hydrogens is 250 g/mol. The number of methoxy groups -OCH3 is 1. The summed E-state index contributed by atoms with van der Waals surface area (Å²) >= 11 is 0. The summed E-state index contributed by atoms with van der Waals surface area (Å²) in [7, 11) is 1.70. The standard InChI is InChI=1S/C17H27NO2/c1-5-8-15-10-11-16(20-4)13-17(15)18(6-2)12-7-9-14(3)19/h10-11,13H,5-9,12H2,1-4H3. The molecule has 0 aliphatic carbocycles. The summed E-state index contributed by atoms with van der Waals surface area (Å²) in [6.07, 6.45) is 3.77. The van der Waals surface area contributed by atoms with Gasteiger partial charge in [0.15, 0.2) is 0 Å². The highest BCUT2D eigenvalue weighted by atomic mass is 16.5. The van der Waals surface area contributed by atoms with Crippen molar-refractivity contribution in [3.05, 3.63) is 23.8 Å². The molecule has 0 heterocycles. The predicted octanol–water partition coefficient (Wildman–Crippen LogP) is 3.84. The first kappa shape index (κ1) is 16.5. The fourth-order valence-electron chi connectivity index (χ4n) is 2.41. The number of benzene rings is 1. The van der Waals surface area contributed by atoms with Gasteiger partial charge < -0.3 is 14.4 Å². The monoisotopic (exact) mass is 277 g/mol. The first-order valence-corrected chi connectivity index (χ1v) is 7.53. The highest BCUT2D eigenvalue weighted by molar-refractivity contribution is 5.75. The topological polar surface area (TPSA) is 29.5 Å². The van der Waals surface area contributed by atoms with Gasteiger partial charge in [-0.2, -0.15) is 0 Å². The third kappa shape index (κ3) is 4.87. The van der Waals surface area contributed by atoms with E-state index in [9.17, 15) is 4.79 Å². The van der Waals surface area contributed by atoms with Crippen LogP contribution in [-0.2, 0) is 11.2 Å². The Morgan fingerprint density at radius 1 is 1.30 bits per heavy atom. The normalized spacial score (nSPS) is 10.4. The molecule has 0 saturated carbocycles. The molecule has 0 amide bonds. The maximum atomic E-state index is 11.1. The van der Waals surface area contributed by atoms with Gasteiger partial charge in [0.2, 0.25) is 0 Å². The molecule has 0 aromatic heterocycles. The van der Waals surface area contributed by atoms with E-state index < -0.39 is 0 Å². The fourth-order valence-corrected chi connectivity index (χ4v) is 2.41. The molecule has 0 N–H and O–H groups in total. The zero-order chi connectivity index (χ0) is 15.0. The summed E-state index contributed by atoms with van der Waals surface area (Å²) in [5.74, 6) is 1.16. The van der Waals surface area contributed by atoms with Gasteiger partial charge in [0.05, 0.1) is 7.11 Å². The Bertz CT molecular complexity index is 429. The summed E-state index contributed by atoms with van der Waals surface area (Å²) in [4.78, 5) is 13.4. The van der Waals surface area contributed by atoms with Crippen LogP contribution in [0.2, 0.25) is 0 Å². The minimum atomic E-state index is 0.264. The van der Waals surface area contributed by atoms with Crippen LogP contribution < -0.4 is 9.64 Å². The predicted molar refractivity (Wildman–Crippen MR) is 84.8 cm³/mol. The van der Waals surface area contributed by atoms with Gasteiger partial charge in [-0.1, -0.05) is 19.4 Å². The van der Waals surface area contributed by atoms with Crippen molar-refractivity contribution >= 4 is 11.5 Å². The van der Waals surface area contributed by atoms with Gasteiger partial charge in [-0.15, -0.1) is 0 Å². The Kier molecular flexibility index (Phi) is 7.13. The zero-order valence-corrected chi connectivity index (χ0v) is 13.2. The van der Waals surface area contributed by atoms with Crippen molar-refractivity contribution in [3.63, 3.8) is 0 Å². The van der Waals surface area contributed by atoms with Crippen LogP contribution in [0.25, 0.3) is 0 Å². The lowest BCUT2D eigenvalue weighted by atomic mass is 10.1. The van der Waals surface area contributed by atoms with E-state index in [1.807, 2.05) is 6.07 Å². The molecular formula is C17H27NO2. The summed E-state index contributed by atoms with van der Waals surface area (Å²) in [6, 6.07) is 6.30. The number of ether oxygens (including phenoxy) is 1. The van der Waals surface area contributed by atoms with E-state index in [0.29, 0.717) is 6.42 Å². The molecule has 0 saturated heterocycles. The van der Waals surface area contributed by atoms with Crippen LogP contribution in [0.4, 0.5) is 5.69 Å². The molecule has 1 aromatic carbocycles. The van der Waals surface area contributed by atoms with Gasteiger partial charge in [0, 0.05) is 31.3 Å². The molecule has 0 aliphatic heterocycles. The quantitative estimate of drug-likeness (QED) is 0.687. The van der Waals surface area contributed by atoms with Crippen molar-refractivity contribution in [2.45, 2.75) is 46.5 Å². The average molecular weight is 277 g/mol. The Morgan fingerprint density at radius 2 is 2.05 bits per heavy atom. The number of hydrogen-bond acceptors (Lipinski definition) is 3. The van der Waals surface area contributed by atoms with E-state index in [0.717, 1.165) is 38.1 Å². The number of Topliss-reactive ketones (excluding diaryl/α,β-unsaturated/α-hetero) is 1. The maximum absolute atomic E-state index is 11.1. The number of ketones is 1. The van der Waals surface area contributed by atoms with Gasteiger partial charge in [-0.25, -0.2) is 0 Å². The lowest BCUT2D eigenvalue weighted by Crippen LogP contribution is -2.25. The summed E-state index contributed by atoms with van der Waals surface area (Å²) in [5.41, 5.74) is 2.61. The second kappa shape index (κ2) is 8.62. The van der Waals surface area contributed by atoms with Crippen LogP contribution >= 0.6 is 0 Å². The zero-order valence-electron chi connectivity index (χ0n) is 13.2. The lowest BCUT2D eigenvalue weighted by molar-refractivity contribution is -0.117. The van der Waals surface area contributed by atoms with Crippen LogP contribution in [-0.4, -0.2) is 26.0 Å². The molecule has 0 aliphatic rings. The van der Waals surface area contributed by atoms with E-state index in [4.69, 9.17) is 4.74 Å². The summed E-state index contributed by atoms with van der Waals surface area (Å²) in [5, 5.41) is 0. The lowest BCUT2D eigenvalue weighted by Gasteiger charge is -2.26. The second-order valence-corrected chi connectivity index (χ2v) is 5.13. The summed E-state index contributed by atoms with van der Waals surface area (Å²) < 4.78 is 5.34. The summed E-state index contributed by atoms with van der Waals surface area (Å²) in [6.45, 7) is 7.87. The molecule has 0 radical (unpaired) electrons. The van der Waals surface area contributed by atoms with Crippen LogP contribution in [0, 0.1) is 0 Å². The van der Waals surface area contributed by atoms with Crippen molar-refractivity contribution in [2.24, 2.45) is 0 Å². The Hall–Kier alpha value is -1.51. The molecule has 0 unspecified atom stereocenters. The number of hydrogen-bond donors (Lipinski definition) is 0. The molecule has 3 nitrogen and oxygen atoms in total. The molecule has 0 spiro atoms. The first-order chi connectivity index (χ1) is 9.62. The fraction of sp³-hybridized carbons (Fsp3) is 0.588. The Balaban J connectivity index is 2.89. The van der Waals surface area contributed by atoms with Crippen molar-refractivity contribution in [2.75, 3.05) is 25.1 Å². The van der Waals surface area contributed by atoms with Crippen LogP contribution in [0.15, 0.2) is 18.2 Å². The third-order valence-electron chi connectivity index (χ3n) is 3.49. The number of carbonyl (C=O) groups is 1. The largest absolute Gasteiger partial charge is 0.497 e. The SMILES string of the molecule is CCCc1ccc(OC)cc1N(CC)CCCC(C)=O. The van der Waals surface area contributed by atoms with Gasteiger partial charge in [-0.3, -0.25) is 0 Å². The Morgan fingerprint density at radius 3 is 2.60 bits per heavy atom. The maximum Gasteiger partial charge on any atom is 0.129 e. The smallest absolute Gasteiger partial charge is 0.129 e. The molecule has 112 valence electrons. The molecule has 1 rings (SSSR count). The number of aryl methyl sites for hydroxylation is 1. The van der Waals surface area contributed by atoms with Crippen molar-refractivity contribution < 1.29 is 9.53 Å². The Labute approximate surface area is 122 Å². The number of anilines is 1. The third-order valence-corrected chi connectivity index (χ3v) is 3.49. The van der Waals surface area contributed by atoms with E-state index in [-0.39, 0.29) is 5.78 Å². The van der Waals surface area contributed by atoms with E-state index in [1.54, 1.807) is 14.0 Å². The molecule has 0 atom stereocenters. The molecule has 3 heteroatoms. The van der Waals surface area contributed by atoms with E-state index >= 15 is 0 Å². The average Bonchev–Trinajstić information content (AvgIpc) is 2.44. The van der Waals surface area contributed by atoms with Crippen LogP contribution in [0.5, 0.6) is 5.75 Å². The van der Waals surface area contributed by atoms with Crippen LogP contribution in [0.1, 0.15) is 45.6 Å². The number of rotatable bonds is 9. The second-order valence-electron chi connectivity index (χ2n) is 5.13. The van der Waals surface area contributed by atoms with Gasteiger partial charge in [0.1, 0.15) is 11.5 Å². The minimum Gasteiger partial charge on any atom is -0.497 e. The van der Waals surface area contributed by atoms with Gasteiger partial charge >= 0.3 is 0 Å². The van der Waals surface area contributed by atoms with Crippen molar-refractivity contribution in [3.8, 4) is 5.75 Å². The molecule has 0 fully saturated rings. The van der Waals surface area contributed by atoms with Crippen molar-refractivity contribution in [1.29, 1.82) is 0 Å². The highest BCUT2D eigenvalue weighted by Gasteiger charge is 2.11. The first-order valence-electron chi connectivity index (χ1n) is 7.53. The minimum absolute atomic E-state index is 0.264. The number of carbonyl (C=O) groups excluding carboxylic acids is 1. The number of nitrogens with zero attached hydrogens (tertiary/aromatic N) is 1. The highest BCUT2D eigenvalue weighted by Crippen LogP contribution is 2.27. The van der Waals surface area contributed by atoms with Crippen LogP contribution in [0.3, 0.4) is 0 Å². The van der Waals surface area contributed by atoms with Gasteiger partial charge in [0.25, 0.3) is 0 Å². The van der Waals surface area contributed by atoms with E-state index in [2.05, 4.69) is 30.9 Å². The molecule has 20 heavy (non-hydrogen) atoms. The van der Waals surface area contributed by atoms with Gasteiger partial charge in [-0.05, 0) is 38.3 Å².